The number of carbonyl (C=O) groups excluding carboxylic acids is 3. The summed E-state index contributed by atoms with van der Waals surface area (Å²) in [6, 6.07) is 0. The predicted molar refractivity (Wildman–Crippen MR) is 112 cm³/mol. The Bertz CT molecular complexity index is 590. The van der Waals surface area contributed by atoms with Crippen molar-refractivity contribution >= 4 is 28.8 Å². The van der Waals surface area contributed by atoms with Crippen LogP contribution in [0, 0.1) is 11.8 Å². The second-order valence-corrected chi connectivity index (χ2v) is 9.13. The van der Waals surface area contributed by atoms with Crippen molar-refractivity contribution in [3.63, 3.8) is 0 Å². The summed E-state index contributed by atoms with van der Waals surface area (Å²) < 4.78 is 16.6. The van der Waals surface area contributed by atoms with E-state index in [9.17, 15) is 14.4 Å². The zero-order chi connectivity index (χ0) is 21.2. The molecule has 0 aromatic carbocycles. The van der Waals surface area contributed by atoms with Gasteiger partial charge in [-0.1, -0.05) is 36.8 Å². The third-order valence-corrected chi connectivity index (χ3v) is 6.43. The molecule has 2 rings (SSSR count). The highest BCUT2D eigenvalue weighted by Gasteiger charge is 2.49. The molecule has 0 aromatic heterocycles. The molecule has 0 amide bonds. The highest BCUT2D eigenvalue weighted by molar-refractivity contribution is 8.13. The highest BCUT2D eigenvalue weighted by Crippen LogP contribution is 2.45. The molecule has 0 radical (unpaired) electrons. The Hall–Kier alpha value is -1.34. The lowest BCUT2D eigenvalue weighted by molar-refractivity contribution is -0.148. The third-order valence-electron chi connectivity index (χ3n) is 5.49. The number of rotatable bonds is 11. The van der Waals surface area contributed by atoms with Gasteiger partial charge in [-0.05, 0) is 31.6 Å². The molecule has 29 heavy (non-hydrogen) atoms. The Kier molecular flexibility index (Phi) is 10.2. The zero-order valence-electron chi connectivity index (χ0n) is 17.8. The van der Waals surface area contributed by atoms with Gasteiger partial charge >= 0.3 is 11.9 Å². The predicted octanol–water partition coefficient (Wildman–Crippen LogP) is 4.06. The largest absolute Gasteiger partial charge is 0.466 e. The lowest BCUT2D eigenvalue weighted by Gasteiger charge is -2.21. The maximum atomic E-state index is 11.5. The smallest absolute Gasteiger partial charge is 0.302 e. The van der Waals surface area contributed by atoms with Crippen LogP contribution in [-0.2, 0) is 28.6 Å². The maximum Gasteiger partial charge on any atom is 0.302 e. The van der Waals surface area contributed by atoms with Gasteiger partial charge in [-0.25, -0.2) is 0 Å². The van der Waals surface area contributed by atoms with Crippen LogP contribution in [0.25, 0.3) is 0 Å². The number of allylic oxidation sites excluding steroid dienone is 1. The minimum Gasteiger partial charge on any atom is -0.466 e. The van der Waals surface area contributed by atoms with Crippen molar-refractivity contribution in [3.8, 4) is 0 Å². The van der Waals surface area contributed by atoms with E-state index in [0.717, 1.165) is 44.9 Å². The monoisotopic (exact) mass is 426 g/mol. The number of fused-ring (bicyclic) bond motifs is 1. The molecule has 0 N–H and O–H groups in total. The molecule has 0 aromatic rings. The van der Waals surface area contributed by atoms with E-state index in [2.05, 4.69) is 12.2 Å². The average Bonchev–Trinajstić information content (AvgIpc) is 3.15. The van der Waals surface area contributed by atoms with Crippen molar-refractivity contribution in [1.29, 1.82) is 0 Å². The van der Waals surface area contributed by atoms with E-state index >= 15 is 0 Å². The van der Waals surface area contributed by atoms with Gasteiger partial charge in [0.2, 0.25) is 0 Å². The Balaban J connectivity index is 1.76. The summed E-state index contributed by atoms with van der Waals surface area (Å²) in [6.07, 6.45) is 11.3. The number of ether oxygens (including phenoxy) is 3. The summed E-state index contributed by atoms with van der Waals surface area (Å²) in [4.78, 5) is 33.4. The number of esters is 2. The van der Waals surface area contributed by atoms with E-state index in [1.807, 2.05) is 0 Å². The van der Waals surface area contributed by atoms with Crippen LogP contribution in [0.15, 0.2) is 12.2 Å². The van der Waals surface area contributed by atoms with Gasteiger partial charge in [0, 0.05) is 38.9 Å². The molecule has 0 unspecified atom stereocenters. The van der Waals surface area contributed by atoms with E-state index in [-0.39, 0.29) is 41.3 Å². The third kappa shape index (κ3) is 8.51. The second-order valence-electron chi connectivity index (χ2n) is 7.93. The Morgan fingerprint density at radius 1 is 1.03 bits per heavy atom. The first-order valence-electron chi connectivity index (χ1n) is 10.6. The zero-order valence-corrected chi connectivity index (χ0v) is 18.6. The summed E-state index contributed by atoms with van der Waals surface area (Å²) in [5.74, 6) is 0.759. The molecular formula is C22H34O6S. The molecule has 6 nitrogen and oxygen atoms in total. The van der Waals surface area contributed by atoms with Gasteiger partial charge in [-0.3, -0.25) is 14.4 Å². The van der Waals surface area contributed by atoms with Gasteiger partial charge in [0.25, 0.3) is 0 Å². The number of hydrogen-bond donors (Lipinski definition) is 0. The van der Waals surface area contributed by atoms with Gasteiger partial charge in [0.15, 0.2) is 5.12 Å². The van der Waals surface area contributed by atoms with Gasteiger partial charge < -0.3 is 14.2 Å². The first-order valence-corrected chi connectivity index (χ1v) is 11.6. The van der Waals surface area contributed by atoms with Gasteiger partial charge in [0.05, 0.1) is 18.8 Å². The van der Waals surface area contributed by atoms with E-state index in [0.29, 0.717) is 18.3 Å². The minimum absolute atomic E-state index is 0.102. The van der Waals surface area contributed by atoms with Crippen molar-refractivity contribution in [3.05, 3.63) is 12.2 Å². The van der Waals surface area contributed by atoms with Crippen LogP contribution in [0.4, 0.5) is 0 Å². The Morgan fingerprint density at radius 2 is 1.79 bits per heavy atom. The Labute approximate surface area is 178 Å². The maximum absolute atomic E-state index is 11.5. The first-order chi connectivity index (χ1) is 13.9. The van der Waals surface area contributed by atoms with Crippen molar-refractivity contribution in [2.75, 3.05) is 12.4 Å². The molecule has 1 heterocycles. The van der Waals surface area contributed by atoms with E-state index in [4.69, 9.17) is 14.2 Å². The summed E-state index contributed by atoms with van der Waals surface area (Å²) >= 11 is 1.32. The van der Waals surface area contributed by atoms with Crippen LogP contribution in [-0.4, -0.2) is 47.7 Å². The molecule has 1 saturated heterocycles. The van der Waals surface area contributed by atoms with Crippen molar-refractivity contribution in [2.45, 2.75) is 84.0 Å². The molecule has 1 aliphatic heterocycles. The highest BCUT2D eigenvalue weighted by atomic mass is 32.2. The van der Waals surface area contributed by atoms with Crippen molar-refractivity contribution in [2.24, 2.45) is 11.8 Å². The molecule has 164 valence electrons. The lowest BCUT2D eigenvalue weighted by atomic mass is 9.90. The molecule has 7 heteroatoms. The second kappa shape index (κ2) is 12.4. The average molecular weight is 427 g/mol. The number of carbonyl (C=O) groups is 3. The molecule has 2 fully saturated rings. The van der Waals surface area contributed by atoms with Crippen LogP contribution in [0.2, 0.25) is 0 Å². The molecular weight excluding hydrogens is 392 g/mol. The van der Waals surface area contributed by atoms with Crippen LogP contribution in [0.1, 0.15) is 65.7 Å². The fourth-order valence-corrected chi connectivity index (χ4v) is 4.90. The van der Waals surface area contributed by atoms with Crippen molar-refractivity contribution in [1.82, 2.24) is 0 Å². The van der Waals surface area contributed by atoms with Gasteiger partial charge in [-0.2, -0.15) is 0 Å². The molecule has 1 saturated carbocycles. The van der Waals surface area contributed by atoms with Crippen LogP contribution in [0.5, 0.6) is 0 Å². The SMILES string of the molecule is CC(=O)OCCCCCCC=C[C@H]1[C@H]2C[C@H](CSC(C)=O)O[C@@H]2C[C@@H]1OC(C)=O. The van der Waals surface area contributed by atoms with Crippen molar-refractivity contribution < 1.29 is 28.6 Å². The topological polar surface area (TPSA) is 78.9 Å². The fourth-order valence-electron chi connectivity index (χ4n) is 4.27. The Morgan fingerprint density at radius 3 is 2.48 bits per heavy atom. The first kappa shape index (κ1) is 23.9. The minimum atomic E-state index is -0.246. The summed E-state index contributed by atoms with van der Waals surface area (Å²) in [7, 11) is 0. The van der Waals surface area contributed by atoms with Crippen LogP contribution >= 0.6 is 11.8 Å². The van der Waals surface area contributed by atoms with E-state index in [1.165, 1.54) is 25.6 Å². The number of hydrogen-bond acceptors (Lipinski definition) is 7. The molecule has 2 aliphatic rings. The fraction of sp³-hybridized carbons (Fsp3) is 0.773. The van der Waals surface area contributed by atoms with Gasteiger partial charge in [-0.15, -0.1) is 0 Å². The van der Waals surface area contributed by atoms with Crippen LogP contribution < -0.4 is 0 Å². The summed E-state index contributed by atoms with van der Waals surface area (Å²) in [5.41, 5.74) is 0. The number of unbranched alkanes of at least 4 members (excludes halogenated alkanes) is 4. The lowest BCUT2D eigenvalue weighted by Crippen LogP contribution is -2.24. The standard InChI is InChI=1S/C22H34O6S/c1-15(23)26-11-9-7-5-4-6-8-10-19-20-12-18(14-29-17(3)25)28-22(20)13-21(19)27-16(2)24/h8,10,18-22H,4-7,9,11-14H2,1-3H3/t18-,19+,20-,21+,22-/m1/s1. The molecule has 1 aliphatic carbocycles. The molecule has 0 spiro atoms. The quantitative estimate of drug-likeness (QED) is 0.280. The van der Waals surface area contributed by atoms with Gasteiger partial charge in [0.1, 0.15) is 6.10 Å². The normalized spacial score (nSPS) is 28.4. The van der Waals surface area contributed by atoms with E-state index in [1.54, 1.807) is 6.92 Å². The summed E-state index contributed by atoms with van der Waals surface area (Å²) in [6.45, 7) is 4.97. The number of thioether (sulfide) groups is 1. The van der Waals surface area contributed by atoms with Crippen LogP contribution in [0.3, 0.4) is 0 Å². The molecule has 0 bridgehead atoms. The summed E-state index contributed by atoms with van der Waals surface area (Å²) in [5, 5.41) is 0.118. The molecule has 5 atom stereocenters. The van der Waals surface area contributed by atoms with E-state index < -0.39 is 0 Å².